The number of nitrogens with zero attached hydrogens (tertiary/aromatic N) is 1. The van der Waals surface area contributed by atoms with E-state index in [4.69, 9.17) is 0 Å². The predicted molar refractivity (Wildman–Crippen MR) is 91.4 cm³/mol. The highest BCUT2D eigenvalue weighted by atomic mass is 19.4. The maximum atomic E-state index is 12.3. The summed E-state index contributed by atoms with van der Waals surface area (Å²) in [5.41, 5.74) is 0.993. The van der Waals surface area contributed by atoms with Crippen LogP contribution in [0.3, 0.4) is 0 Å². The van der Waals surface area contributed by atoms with Gasteiger partial charge in [-0.15, -0.1) is 13.2 Å². The number of halogens is 3. The number of carbonyl (C=O) groups excluding carboxylic acids is 1. The molecule has 0 aliphatic heterocycles. The molecule has 3 aromatic rings. The van der Waals surface area contributed by atoms with Crippen molar-refractivity contribution in [1.82, 2.24) is 9.97 Å². The number of pyridine rings is 2. The molecule has 0 saturated heterocycles. The van der Waals surface area contributed by atoms with Crippen molar-refractivity contribution in [1.29, 1.82) is 0 Å². The highest BCUT2D eigenvalue weighted by Gasteiger charge is 2.31. The quantitative estimate of drug-likeness (QED) is 0.730. The number of anilines is 1. The lowest BCUT2D eigenvalue weighted by Gasteiger charge is -2.10. The molecular formula is C18H12F3N3O3. The van der Waals surface area contributed by atoms with Crippen LogP contribution in [-0.2, 0) is 0 Å². The van der Waals surface area contributed by atoms with Gasteiger partial charge in [-0.25, -0.2) is 0 Å². The predicted octanol–water partition coefficient (Wildman–Crippen LogP) is 3.59. The average molecular weight is 375 g/mol. The number of alkyl halides is 3. The topological polar surface area (TPSA) is 84.1 Å². The van der Waals surface area contributed by atoms with Crippen molar-refractivity contribution in [2.45, 2.75) is 6.36 Å². The molecule has 0 aliphatic carbocycles. The van der Waals surface area contributed by atoms with Crippen LogP contribution in [0.15, 0.2) is 65.8 Å². The van der Waals surface area contributed by atoms with Crippen LogP contribution in [0.4, 0.5) is 18.9 Å². The smallest absolute Gasteiger partial charge is 0.406 e. The fourth-order valence-electron chi connectivity index (χ4n) is 2.29. The number of nitrogens with one attached hydrogen (secondary N) is 2. The lowest BCUT2D eigenvalue weighted by Crippen LogP contribution is -2.20. The van der Waals surface area contributed by atoms with Gasteiger partial charge in [-0.2, -0.15) is 0 Å². The molecule has 2 N–H and O–H groups in total. The van der Waals surface area contributed by atoms with Crippen LogP contribution in [0.2, 0.25) is 0 Å². The molecule has 0 aliphatic rings. The molecule has 3 rings (SSSR count). The minimum atomic E-state index is -4.82. The van der Waals surface area contributed by atoms with E-state index in [2.05, 4.69) is 20.0 Å². The second-order valence-electron chi connectivity index (χ2n) is 5.39. The van der Waals surface area contributed by atoms with Crippen LogP contribution in [0.5, 0.6) is 5.75 Å². The van der Waals surface area contributed by atoms with E-state index >= 15 is 0 Å². The Kier molecular flexibility index (Phi) is 4.93. The molecule has 2 aromatic heterocycles. The minimum Gasteiger partial charge on any atom is -0.406 e. The Morgan fingerprint density at radius 3 is 2.33 bits per heavy atom. The lowest BCUT2D eigenvalue weighted by molar-refractivity contribution is -0.274. The van der Waals surface area contributed by atoms with Gasteiger partial charge in [0.1, 0.15) is 11.4 Å². The molecule has 6 nitrogen and oxygen atoms in total. The Labute approximate surface area is 150 Å². The number of hydrogen-bond acceptors (Lipinski definition) is 4. The van der Waals surface area contributed by atoms with Crippen molar-refractivity contribution in [3.8, 4) is 16.9 Å². The van der Waals surface area contributed by atoms with E-state index in [-0.39, 0.29) is 11.3 Å². The van der Waals surface area contributed by atoms with Crippen LogP contribution in [0.1, 0.15) is 10.4 Å². The number of amides is 1. The lowest BCUT2D eigenvalue weighted by atomic mass is 10.1. The maximum Gasteiger partial charge on any atom is 0.573 e. The SMILES string of the molecule is O=C(Nc1cc(-c2ccncc2)c[nH]c1=O)c1ccc(OC(F)(F)F)cc1. The molecule has 0 bridgehead atoms. The van der Waals surface area contributed by atoms with E-state index < -0.39 is 23.6 Å². The number of benzene rings is 1. The van der Waals surface area contributed by atoms with Gasteiger partial charge < -0.3 is 15.0 Å². The summed E-state index contributed by atoms with van der Waals surface area (Å²) in [7, 11) is 0. The van der Waals surface area contributed by atoms with Gasteiger partial charge in [0.2, 0.25) is 0 Å². The van der Waals surface area contributed by atoms with Gasteiger partial charge in [-0.3, -0.25) is 14.6 Å². The van der Waals surface area contributed by atoms with E-state index in [1.165, 1.54) is 12.3 Å². The molecule has 0 fully saturated rings. The monoisotopic (exact) mass is 375 g/mol. The average Bonchev–Trinajstić information content (AvgIpc) is 2.63. The molecule has 1 aromatic carbocycles. The van der Waals surface area contributed by atoms with Gasteiger partial charge in [0.15, 0.2) is 0 Å². The molecule has 27 heavy (non-hydrogen) atoms. The molecule has 138 valence electrons. The summed E-state index contributed by atoms with van der Waals surface area (Å²) in [6.45, 7) is 0. The summed E-state index contributed by atoms with van der Waals surface area (Å²) in [5.74, 6) is -1.09. The zero-order chi connectivity index (χ0) is 19.4. The molecule has 0 saturated carbocycles. The zero-order valence-electron chi connectivity index (χ0n) is 13.6. The molecule has 1 amide bonds. The molecule has 0 atom stereocenters. The summed E-state index contributed by atoms with van der Waals surface area (Å²) in [4.78, 5) is 30.7. The highest BCUT2D eigenvalue weighted by Crippen LogP contribution is 2.23. The van der Waals surface area contributed by atoms with Gasteiger partial charge in [0, 0.05) is 29.7 Å². The van der Waals surface area contributed by atoms with Crippen LogP contribution in [0.25, 0.3) is 11.1 Å². The molecule has 2 heterocycles. The molecule has 0 unspecified atom stereocenters. The first kappa shape index (κ1) is 18.2. The summed E-state index contributed by atoms with van der Waals surface area (Å²) < 4.78 is 40.2. The summed E-state index contributed by atoms with van der Waals surface area (Å²) >= 11 is 0. The van der Waals surface area contributed by atoms with E-state index in [0.29, 0.717) is 5.56 Å². The number of aromatic amines is 1. The van der Waals surface area contributed by atoms with Gasteiger partial charge in [0.05, 0.1) is 0 Å². The van der Waals surface area contributed by atoms with Crippen molar-refractivity contribution in [3.05, 3.63) is 77.0 Å². The fourth-order valence-corrected chi connectivity index (χ4v) is 2.29. The second kappa shape index (κ2) is 7.32. The number of H-pyrrole nitrogens is 1. The number of ether oxygens (including phenoxy) is 1. The van der Waals surface area contributed by atoms with Crippen LogP contribution in [-0.4, -0.2) is 22.2 Å². The first-order chi connectivity index (χ1) is 12.8. The summed E-state index contributed by atoms with van der Waals surface area (Å²) in [6, 6.07) is 9.32. The molecular weight excluding hydrogens is 363 g/mol. The van der Waals surface area contributed by atoms with E-state index in [1.807, 2.05) is 0 Å². The van der Waals surface area contributed by atoms with Crippen molar-refractivity contribution in [3.63, 3.8) is 0 Å². The van der Waals surface area contributed by atoms with E-state index in [0.717, 1.165) is 29.8 Å². The van der Waals surface area contributed by atoms with Gasteiger partial charge >= 0.3 is 6.36 Å². The fraction of sp³-hybridized carbons (Fsp3) is 0.0556. The van der Waals surface area contributed by atoms with Gasteiger partial charge in [0.25, 0.3) is 11.5 Å². The summed E-state index contributed by atoms with van der Waals surface area (Å²) in [6.07, 6.45) is -0.145. The van der Waals surface area contributed by atoms with Crippen molar-refractivity contribution in [2.24, 2.45) is 0 Å². The Hall–Kier alpha value is -3.62. The number of carbonyl (C=O) groups is 1. The molecule has 0 radical (unpaired) electrons. The summed E-state index contributed by atoms with van der Waals surface area (Å²) in [5, 5.41) is 2.44. The maximum absolute atomic E-state index is 12.3. The van der Waals surface area contributed by atoms with Crippen LogP contribution in [0, 0.1) is 0 Å². The Morgan fingerprint density at radius 1 is 1.04 bits per heavy atom. The van der Waals surface area contributed by atoms with Crippen molar-refractivity contribution in [2.75, 3.05) is 5.32 Å². The molecule has 9 heteroatoms. The molecule has 0 spiro atoms. The highest BCUT2D eigenvalue weighted by molar-refractivity contribution is 6.04. The minimum absolute atomic E-state index is 0.00457. The standard InChI is InChI=1S/C18H12F3N3O3/c19-18(20,21)27-14-3-1-12(2-4-14)16(25)24-15-9-13(10-23-17(15)26)11-5-7-22-8-6-11/h1-10H,(H,23,26)(H,24,25). The second-order valence-corrected chi connectivity index (χ2v) is 5.39. The van der Waals surface area contributed by atoms with Gasteiger partial charge in [-0.05, 0) is 48.0 Å². The third-order valence-electron chi connectivity index (χ3n) is 3.52. The number of hydrogen-bond donors (Lipinski definition) is 2. The van der Waals surface area contributed by atoms with Gasteiger partial charge in [-0.1, -0.05) is 0 Å². The number of aromatic nitrogens is 2. The van der Waals surface area contributed by atoms with Crippen LogP contribution >= 0.6 is 0 Å². The normalized spacial score (nSPS) is 11.1. The zero-order valence-corrected chi connectivity index (χ0v) is 13.6. The first-order valence-electron chi connectivity index (χ1n) is 7.62. The first-order valence-corrected chi connectivity index (χ1v) is 7.62. The Balaban J connectivity index is 1.79. The van der Waals surface area contributed by atoms with Crippen LogP contribution < -0.4 is 15.6 Å². The Bertz CT molecular complexity index is 1000. The van der Waals surface area contributed by atoms with E-state index in [9.17, 15) is 22.8 Å². The number of rotatable bonds is 4. The van der Waals surface area contributed by atoms with Crippen molar-refractivity contribution < 1.29 is 22.7 Å². The third-order valence-corrected chi connectivity index (χ3v) is 3.52. The van der Waals surface area contributed by atoms with E-state index in [1.54, 1.807) is 24.5 Å². The largest absolute Gasteiger partial charge is 0.573 e. The third kappa shape index (κ3) is 4.72. The Morgan fingerprint density at radius 2 is 1.70 bits per heavy atom. The van der Waals surface area contributed by atoms with Crippen molar-refractivity contribution >= 4 is 11.6 Å².